The van der Waals surface area contributed by atoms with E-state index in [4.69, 9.17) is 0 Å². The monoisotopic (exact) mass is 268 g/mol. The summed E-state index contributed by atoms with van der Waals surface area (Å²) in [6.07, 6.45) is 1.92. The molecule has 0 spiro atoms. The molecule has 0 aliphatic carbocycles. The van der Waals surface area contributed by atoms with Crippen LogP contribution in [0.3, 0.4) is 0 Å². The lowest BCUT2D eigenvalue weighted by molar-refractivity contribution is 0.0954. The lowest BCUT2D eigenvalue weighted by Crippen LogP contribution is -2.25. The molecule has 2 aromatic carbocycles. The number of hydrogen-bond acceptors (Lipinski definition) is 2. The van der Waals surface area contributed by atoms with Crippen molar-refractivity contribution in [1.29, 1.82) is 0 Å². The fraction of sp³-hybridized carbons (Fsp3) is 0.235. The van der Waals surface area contributed by atoms with Gasteiger partial charge in [-0.05, 0) is 30.5 Å². The average molecular weight is 268 g/mol. The fourth-order valence-corrected chi connectivity index (χ4v) is 2.13. The molecule has 0 unspecified atom stereocenters. The SMILES string of the molecule is CNc1ccccc1C(=O)NCCCc1ccccc1. The standard InChI is InChI=1S/C17H20N2O/c1-18-16-12-6-5-11-15(16)17(20)19-13-7-10-14-8-3-2-4-9-14/h2-6,8-9,11-12,18H,7,10,13H2,1H3,(H,19,20). The van der Waals surface area contributed by atoms with Crippen LogP contribution in [0, 0.1) is 0 Å². The molecule has 0 fully saturated rings. The van der Waals surface area contributed by atoms with Crippen molar-refractivity contribution in [2.75, 3.05) is 18.9 Å². The Morgan fingerprint density at radius 1 is 1.00 bits per heavy atom. The van der Waals surface area contributed by atoms with E-state index in [1.807, 2.05) is 49.5 Å². The summed E-state index contributed by atoms with van der Waals surface area (Å²) in [6, 6.07) is 17.8. The van der Waals surface area contributed by atoms with Crippen LogP contribution in [0.2, 0.25) is 0 Å². The number of benzene rings is 2. The van der Waals surface area contributed by atoms with E-state index in [1.54, 1.807) is 0 Å². The zero-order valence-electron chi connectivity index (χ0n) is 11.7. The van der Waals surface area contributed by atoms with Gasteiger partial charge in [-0.15, -0.1) is 0 Å². The van der Waals surface area contributed by atoms with Gasteiger partial charge in [-0.3, -0.25) is 4.79 Å². The Morgan fingerprint density at radius 3 is 2.45 bits per heavy atom. The largest absolute Gasteiger partial charge is 0.387 e. The summed E-state index contributed by atoms with van der Waals surface area (Å²) in [5.41, 5.74) is 2.85. The molecule has 0 radical (unpaired) electrons. The zero-order valence-corrected chi connectivity index (χ0v) is 11.7. The molecule has 104 valence electrons. The van der Waals surface area contributed by atoms with Crippen LogP contribution in [0.4, 0.5) is 5.69 Å². The van der Waals surface area contributed by atoms with E-state index in [2.05, 4.69) is 22.8 Å². The molecule has 20 heavy (non-hydrogen) atoms. The number of rotatable bonds is 6. The summed E-state index contributed by atoms with van der Waals surface area (Å²) in [6.45, 7) is 0.686. The van der Waals surface area contributed by atoms with Crippen LogP contribution in [-0.2, 0) is 6.42 Å². The highest BCUT2D eigenvalue weighted by Gasteiger charge is 2.08. The van der Waals surface area contributed by atoms with Gasteiger partial charge in [-0.1, -0.05) is 42.5 Å². The Morgan fingerprint density at radius 2 is 1.70 bits per heavy atom. The van der Waals surface area contributed by atoms with Gasteiger partial charge < -0.3 is 10.6 Å². The molecule has 0 aliphatic rings. The number of hydrogen-bond donors (Lipinski definition) is 2. The third kappa shape index (κ3) is 3.85. The summed E-state index contributed by atoms with van der Waals surface area (Å²) in [5, 5.41) is 6.00. The minimum absolute atomic E-state index is 0.0250. The number of para-hydroxylation sites is 1. The molecule has 3 nitrogen and oxygen atoms in total. The van der Waals surface area contributed by atoms with Crippen molar-refractivity contribution in [2.24, 2.45) is 0 Å². The van der Waals surface area contributed by atoms with Crippen LogP contribution >= 0.6 is 0 Å². The van der Waals surface area contributed by atoms with E-state index in [1.165, 1.54) is 5.56 Å². The van der Waals surface area contributed by atoms with E-state index in [9.17, 15) is 4.79 Å². The molecule has 0 saturated carbocycles. The van der Waals surface area contributed by atoms with Gasteiger partial charge in [-0.25, -0.2) is 0 Å². The molecule has 1 amide bonds. The Kier molecular flexibility index (Phi) is 5.18. The average Bonchev–Trinajstić information content (AvgIpc) is 2.52. The predicted molar refractivity (Wildman–Crippen MR) is 83.1 cm³/mol. The van der Waals surface area contributed by atoms with Gasteiger partial charge in [0.05, 0.1) is 5.56 Å². The summed E-state index contributed by atoms with van der Waals surface area (Å²) in [7, 11) is 1.82. The van der Waals surface area contributed by atoms with E-state index >= 15 is 0 Å². The van der Waals surface area contributed by atoms with Crippen LogP contribution in [0.25, 0.3) is 0 Å². The highest BCUT2D eigenvalue weighted by molar-refractivity contribution is 5.99. The maximum Gasteiger partial charge on any atom is 0.253 e. The first-order valence-corrected chi connectivity index (χ1v) is 6.90. The molecule has 0 atom stereocenters. The summed E-state index contributed by atoms with van der Waals surface area (Å²) >= 11 is 0. The normalized spacial score (nSPS) is 10.1. The van der Waals surface area contributed by atoms with E-state index in [0.29, 0.717) is 12.1 Å². The molecule has 2 N–H and O–H groups in total. The molecule has 3 heteroatoms. The van der Waals surface area contributed by atoms with Crippen molar-refractivity contribution in [2.45, 2.75) is 12.8 Å². The Bertz CT molecular complexity index is 552. The van der Waals surface area contributed by atoms with Crippen molar-refractivity contribution < 1.29 is 4.79 Å². The maximum atomic E-state index is 12.1. The van der Waals surface area contributed by atoms with Gasteiger partial charge in [0, 0.05) is 19.3 Å². The minimum Gasteiger partial charge on any atom is -0.387 e. The van der Waals surface area contributed by atoms with Crippen molar-refractivity contribution in [3.05, 3.63) is 65.7 Å². The molecule has 0 heterocycles. The molecule has 0 aromatic heterocycles. The third-order valence-corrected chi connectivity index (χ3v) is 3.21. The molecular weight excluding hydrogens is 248 g/mol. The van der Waals surface area contributed by atoms with Gasteiger partial charge in [0.25, 0.3) is 5.91 Å². The first-order valence-electron chi connectivity index (χ1n) is 6.90. The number of aryl methyl sites for hydroxylation is 1. The number of carbonyl (C=O) groups is 1. The van der Waals surface area contributed by atoms with Crippen molar-refractivity contribution in [1.82, 2.24) is 5.32 Å². The van der Waals surface area contributed by atoms with Crippen LogP contribution in [-0.4, -0.2) is 19.5 Å². The summed E-state index contributed by atoms with van der Waals surface area (Å²) in [4.78, 5) is 12.1. The molecule has 2 aromatic rings. The van der Waals surface area contributed by atoms with Crippen LogP contribution in [0.15, 0.2) is 54.6 Å². The van der Waals surface area contributed by atoms with Crippen molar-refractivity contribution in [3.8, 4) is 0 Å². The molecular formula is C17H20N2O. The predicted octanol–water partition coefficient (Wildman–Crippen LogP) is 3.09. The highest BCUT2D eigenvalue weighted by Crippen LogP contribution is 2.13. The zero-order chi connectivity index (χ0) is 14.2. The first kappa shape index (κ1) is 14.1. The van der Waals surface area contributed by atoms with Gasteiger partial charge in [0.1, 0.15) is 0 Å². The van der Waals surface area contributed by atoms with Gasteiger partial charge >= 0.3 is 0 Å². The Balaban J connectivity index is 1.81. The molecule has 0 bridgehead atoms. The smallest absolute Gasteiger partial charge is 0.253 e. The second-order valence-corrected chi connectivity index (χ2v) is 4.64. The molecule has 0 saturated heterocycles. The first-order chi connectivity index (χ1) is 9.81. The van der Waals surface area contributed by atoms with Gasteiger partial charge in [0.2, 0.25) is 0 Å². The van der Waals surface area contributed by atoms with Crippen molar-refractivity contribution >= 4 is 11.6 Å². The highest BCUT2D eigenvalue weighted by atomic mass is 16.1. The van der Waals surface area contributed by atoms with E-state index in [0.717, 1.165) is 18.5 Å². The minimum atomic E-state index is -0.0250. The number of anilines is 1. The Hall–Kier alpha value is -2.29. The van der Waals surface area contributed by atoms with E-state index < -0.39 is 0 Å². The van der Waals surface area contributed by atoms with Crippen LogP contribution in [0.1, 0.15) is 22.3 Å². The topological polar surface area (TPSA) is 41.1 Å². The summed E-state index contributed by atoms with van der Waals surface area (Å²) in [5.74, 6) is -0.0250. The number of nitrogens with one attached hydrogen (secondary N) is 2. The van der Waals surface area contributed by atoms with Gasteiger partial charge in [-0.2, -0.15) is 0 Å². The van der Waals surface area contributed by atoms with E-state index in [-0.39, 0.29) is 5.91 Å². The molecule has 0 aliphatic heterocycles. The molecule has 2 rings (SSSR count). The van der Waals surface area contributed by atoms with Crippen molar-refractivity contribution in [3.63, 3.8) is 0 Å². The quantitative estimate of drug-likeness (QED) is 0.790. The third-order valence-electron chi connectivity index (χ3n) is 3.21. The lowest BCUT2D eigenvalue weighted by atomic mass is 10.1. The second-order valence-electron chi connectivity index (χ2n) is 4.64. The fourth-order valence-electron chi connectivity index (χ4n) is 2.13. The number of amides is 1. The lowest BCUT2D eigenvalue weighted by Gasteiger charge is -2.09. The van der Waals surface area contributed by atoms with Crippen LogP contribution < -0.4 is 10.6 Å². The van der Waals surface area contributed by atoms with Gasteiger partial charge in [0.15, 0.2) is 0 Å². The summed E-state index contributed by atoms with van der Waals surface area (Å²) < 4.78 is 0. The second kappa shape index (κ2) is 7.34. The Labute approximate surface area is 120 Å². The van der Waals surface area contributed by atoms with Crippen LogP contribution in [0.5, 0.6) is 0 Å². The maximum absolute atomic E-state index is 12.1. The number of carbonyl (C=O) groups excluding carboxylic acids is 1.